The second-order valence-corrected chi connectivity index (χ2v) is 5.80. The molecule has 3 rings (SSSR count). The lowest BCUT2D eigenvalue weighted by atomic mass is 10.3. The molecule has 0 spiro atoms. The summed E-state index contributed by atoms with van der Waals surface area (Å²) >= 11 is 1.16. The van der Waals surface area contributed by atoms with Crippen molar-refractivity contribution in [1.29, 1.82) is 0 Å². The number of rotatable bonds is 3. The van der Waals surface area contributed by atoms with Crippen LogP contribution >= 0.6 is 11.8 Å². The maximum atomic E-state index is 12.6. The summed E-state index contributed by atoms with van der Waals surface area (Å²) in [7, 11) is 0. The number of aryl methyl sites for hydroxylation is 2. The molecule has 3 aromatic heterocycles. The summed E-state index contributed by atoms with van der Waals surface area (Å²) in [6.45, 7) is 3.73. The first-order chi connectivity index (χ1) is 11.1. The van der Waals surface area contributed by atoms with Crippen LogP contribution in [0.25, 0.3) is 5.65 Å². The van der Waals surface area contributed by atoms with Crippen LogP contribution in [0.2, 0.25) is 0 Å². The highest BCUT2D eigenvalue weighted by atomic mass is 32.2. The molecule has 0 aliphatic rings. The molecule has 0 saturated carbocycles. The number of oxime groups is 1. The molecule has 0 aliphatic carbocycles. The molecule has 3 heterocycles. The first kappa shape index (κ1) is 15.2. The summed E-state index contributed by atoms with van der Waals surface area (Å²) < 4.78 is 1.42. The van der Waals surface area contributed by atoms with Crippen molar-refractivity contribution in [3.8, 4) is 0 Å². The van der Waals surface area contributed by atoms with Gasteiger partial charge in [-0.25, -0.2) is 15.0 Å². The van der Waals surface area contributed by atoms with E-state index in [-0.39, 0.29) is 11.1 Å². The minimum Gasteiger partial charge on any atom is -0.411 e. The van der Waals surface area contributed by atoms with Crippen molar-refractivity contribution in [2.45, 2.75) is 24.0 Å². The summed E-state index contributed by atoms with van der Waals surface area (Å²) in [6, 6.07) is 5.42. The Morgan fingerprint density at radius 2 is 2.13 bits per heavy atom. The Morgan fingerprint density at radius 3 is 2.87 bits per heavy atom. The molecule has 8 heteroatoms. The zero-order chi connectivity index (χ0) is 16.4. The molecule has 0 atom stereocenters. The van der Waals surface area contributed by atoms with E-state index in [1.807, 2.05) is 19.9 Å². The van der Waals surface area contributed by atoms with Crippen LogP contribution in [0.1, 0.15) is 16.8 Å². The lowest BCUT2D eigenvalue weighted by Crippen LogP contribution is -2.21. The van der Waals surface area contributed by atoms with Crippen LogP contribution in [-0.4, -0.2) is 30.8 Å². The van der Waals surface area contributed by atoms with Crippen LogP contribution in [0, 0.1) is 13.8 Å². The first-order valence-electron chi connectivity index (χ1n) is 6.77. The summed E-state index contributed by atoms with van der Waals surface area (Å²) in [4.78, 5) is 25.6. The second-order valence-electron chi connectivity index (χ2n) is 4.85. The maximum absolute atomic E-state index is 12.6. The van der Waals surface area contributed by atoms with Crippen molar-refractivity contribution >= 4 is 23.6 Å². The molecule has 0 aliphatic heterocycles. The van der Waals surface area contributed by atoms with Crippen molar-refractivity contribution in [2.24, 2.45) is 5.16 Å². The van der Waals surface area contributed by atoms with E-state index in [9.17, 15) is 4.79 Å². The van der Waals surface area contributed by atoms with Gasteiger partial charge in [-0.3, -0.25) is 9.20 Å². The molecule has 0 amide bonds. The lowest BCUT2D eigenvalue weighted by Gasteiger charge is -2.08. The van der Waals surface area contributed by atoms with Gasteiger partial charge in [-0.1, -0.05) is 11.2 Å². The molecule has 7 nitrogen and oxygen atoms in total. The number of pyridine rings is 1. The third kappa shape index (κ3) is 2.93. The van der Waals surface area contributed by atoms with Crippen LogP contribution in [0.4, 0.5) is 0 Å². The van der Waals surface area contributed by atoms with E-state index in [1.54, 1.807) is 24.5 Å². The summed E-state index contributed by atoms with van der Waals surface area (Å²) in [5.41, 5.74) is 2.10. The summed E-state index contributed by atoms with van der Waals surface area (Å²) in [5, 5.41) is 12.7. The molecule has 116 valence electrons. The molecular formula is C15H13N5O2S. The highest BCUT2D eigenvalue weighted by Gasteiger charge is 2.15. The van der Waals surface area contributed by atoms with Gasteiger partial charge in [0.25, 0.3) is 5.56 Å². The number of hydrogen-bond acceptors (Lipinski definition) is 7. The van der Waals surface area contributed by atoms with Gasteiger partial charge in [-0.2, -0.15) is 0 Å². The Hall–Kier alpha value is -2.74. The average Bonchev–Trinajstić information content (AvgIpc) is 2.52. The first-order valence-corrected chi connectivity index (χ1v) is 7.58. The molecule has 0 saturated heterocycles. The summed E-state index contributed by atoms with van der Waals surface area (Å²) in [6.07, 6.45) is 4.36. The Labute approximate surface area is 135 Å². The highest BCUT2D eigenvalue weighted by Crippen LogP contribution is 2.25. The molecule has 1 N–H and O–H groups in total. The SMILES string of the molecule is Cc1ccnc(Sc2nc3c(C)cccn3c(=O)c2/C=N\O)n1. The monoisotopic (exact) mass is 327 g/mol. The Kier molecular flexibility index (Phi) is 4.07. The topological polar surface area (TPSA) is 92.7 Å². The van der Waals surface area contributed by atoms with E-state index in [0.717, 1.165) is 29.2 Å². The third-order valence-electron chi connectivity index (χ3n) is 3.20. The third-order valence-corrected chi connectivity index (χ3v) is 4.08. The molecule has 23 heavy (non-hydrogen) atoms. The minimum absolute atomic E-state index is 0.186. The molecule has 0 radical (unpaired) electrons. The Bertz CT molecular complexity index is 968. The molecule has 3 aromatic rings. The normalized spacial score (nSPS) is 11.4. The lowest BCUT2D eigenvalue weighted by molar-refractivity contribution is 0.321. The van der Waals surface area contributed by atoms with Gasteiger partial charge in [-0.15, -0.1) is 0 Å². The van der Waals surface area contributed by atoms with Gasteiger partial charge in [0, 0.05) is 18.1 Å². The van der Waals surface area contributed by atoms with Crippen molar-refractivity contribution in [3.63, 3.8) is 0 Å². The van der Waals surface area contributed by atoms with Gasteiger partial charge >= 0.3 is 0 Å². The number of aromatic nitrogens is 4. The maximum Gasteiger partial charge on any atom is 0.267 e. The second kappa shape index (κ2) is 6.17. The van der Waals surface area contributed by atoms with E-state index in [2.05, 4.69) is 20.1 Å². The molecule has 0 aromatic carbocycles. The van der Waals surface area contributed by atoms with Crippen LogP contribution in [0.5, 0.6) is 0 Å². The largest absolute Gasteiger partial charge is 0.411 e. The fourth-order valence-electron chi connectivity index (χ4n) is 2.10. The number of nitrogens with zero attached hydrogens (tertiary/aromatic N) is 5. The van der Waals surface area contributed by atoms with Crippen molar-refractivity contribution in [2.75, 3.05) is 0 Å². The minimum atomic E-state index is -0.313. The van der Waals surface area contributed by atoms with Gasteiger partial charge < -0.3 is 5.21 Å². The predicted molar refractivity (Wildman–Crippen MR) is 86.5 cm³/mol. The van der Waals surface area contributed by atoms with Gasteiger partial charge in [0.2, 0.25) is 0 Å². The van der Waals surface area contributed by atoms with Crippen LogP contribution in [-0.2, 0) is 0 Å². The van der Waals surface area contributed by atoms with Crippen LogP contribution in [0.15, 0.2) is 50.7 Å². The Morgan fingerprint density at radius 1 is 1.30 bits per heavy atom. The smallest absolute Gasteiger partial charge is 0.267 e. The van der Waals surface area contributed by atoms with Crippen LogP contribution < -0.4 is 5.56 Å². The van der Waals surface area contributed by atoms with Gasteiger partial charge in [0.05, 0.1) is 11.8 Å². The van der Waals surface area contributed by atoms with E-state index in [1.165, 1.54) is 4.40 Å². The van der Waals surface area contributed by atoms with E-state index in [4.69, 9.17) is 5.21 Å². The number of fused-ring (bicyclic) bond motifs is 1. The van der Waals surface area contributed by atoms with E-state index < -0.39 is 0 Å². The quantitative estimate of drug-likeness (QED) is 0.260. The van der Waals surface area contributed by atoms with E-state index in [0.29, 0.717) is 15.8 Å². The van der Waals surface area contributed by atoms with Crippen molar-refractivity contribution < 1.29 is 5.21 Å². The predicted octanol–water partition coefficient (Wildman–Crippen LogP) is 2.06. The zero-order valence-corrected chi connectivity index (χ0v) is 13.3. The fraction of sp³-hybridized carbons (Fsp3) is 0.133. The number of hydrogen-bond donors (Lipinski definition) is 1. The zero-order valence-electron chi connectivity index (χ0n) is 12.5. The van der Waals surface area contributed by atoms with Crippen molar-refractivity contribution in [3.05, 3.63) is 57.8 Å². The van der Waals surface area contributed by atoms with Crippen LogP contribution in [0.3, 0.4) is 0 Å². The fourth-order valence-corrected chi connectivity index (χ4v) is 2.96. The molecule has 0 bridgehead atoms. The standard InChI is InChI=1S/C15H13N5O2S/c1-9-4-3-7-20-12(9)19-13(11(8-17-22)14(20)21)23-15-16-6-5-10(2)18-15/h3-8,22H,1-2H3/b17-8-. The molecule has 0 unspecified atom stereocenters. The van der Waals surface area contributed by atoms with Gasteiger partial charge in [0.15, 0.2) is 5.16 Å². The Balaban J connectivity index is 2.24. The molecular weight excluding hydrogens is 314 g/mol. The molecule has 0 fully saturated rings. The average molecular weight is 327 g/mol. The summed E-state index contributed by atoms with van der Waals surface area (Å²) in [5.74, 6) is 0. The van der Waals surface area contributed by atoms with Crippen molar-refractivity contribution in [1.82, 2.24) is 19.4 Å². The van der Waals surface area contributed by atoms with E-state index >= 15 is 0 Å². The van der Waals surface area contributed by atoms with Gasteiger partial charge in [0.1, 0.15) is 10.7 Å². The highest BCUT2D eigenvalue weighted by molar-refractivity contribution is 7.99. The van der Waals surface area contributed by atoms with Gasteiger partial charge in [-0.05, 0) is 43.3 Å².